The Bertz CT molecular complexity index is 687. The fraction of sp³-hybridized carbons (Fsp3) is 0.200. The molecule has 22 heavy (non-hydrogen) atoms. The molecule has 2 rings (SSSR count). The zero-order valence-electron chi connectivity index (χ0n) is 11.8. The molecule has 0 aliphatic rings. The third kappa shape index (κ3) is 4.07. The second-order valence-corrected chi connectivity index (χ2v) is 5.98. The molecule has 0 radical (unpaired) electrons. The quantitative estimate of drug-likeness (QED) is 0.749. The van der Waals surface area contributed by atoms with Crippen molar-refractivity contribution < 1.29 is 14.7 Å². The molecule has 0 unspecified atom stereocenters. The molecule has 1 heterocycles. The minimum Gasteiger partial charge on any atom is -0.386 e. The van der Waals surface area contributed by atoms with Crippen LogP contribution in [0.4, 0.5) is 5.69 Å². The molecule has 0 aliphatic heterocycles. The third-order valence-corrected chi connectivity index (χ3v) is 4.44. The number of aliphatic hydroxyl groups is 1. The normalized spacial score (nSPS) is 11.8. The number of rotatable bonds is 4. The summed E-state index contributed by atoms with van der Waals surface area (Å²) in [6.45, 7) is 1.84. The number of aryl methyl sites for hydroxylation is 1. The summed E-state index contributed by atoms with van der Waals surface area (Å²) in [5.74, 6) is -1.66. The molecule has 0 spiro atoms. The molecule has 2 amide bonds. The molecule has 0 fully saturated rings. The van der Waals surface area contributed by atoms with Crippen molar-refractivity contribution >= 4 is 40.4 Å². The van der Waals surface area contributed by atoms with Crippen LogP contribution in [0.25, 0.3) is 0 Å². The van der Waals surface area contributed by atoms with Gasteiger partial charge in [0.15, 0.2) is 0 Å². The molecule has 3 N–H and O–H groups in total. The van der Waals surface area contributed by atoms with Crippen LogP contribution in [-0.4, -0.2) is 23.5 Å². The summed E-state index contributed by atoms with van der Waals surface area (Å²) in [5.41, 5.74) is 1.31. The number of hydrogen-bond donors (Lipinski definition) is 3. The Hall–Kier alpha value is -1.89. The highest BCUT2D eigenvalue weighted by Gasteiger charge is 2.18. The molecule has 0 saturated heterocycles. The molecule has 5 nitrogen and oxygen atoms in total. The molecule has 116 valence electrons. The van der Waals surface area contributed by atoms with E-state index in [-0.39, 0.29) is 6.54 Å². The fourth-order valence-corrected chi connectivity index (χ4v) is 2.93. The largest absolute Gasteiger partial charge is 0.386 e. The van der Waals surface area contributed by atoms with Crippen LogP contribution < -0.4 is 10.6 Å². The van der Waals surface area contributed by atoms with Gasteiger partial charge in [-0.25, -0.2) is 0 Å². The van der Waals surface area contributed by atoms with E-state index in [4.69, 9.17) is 11.6 Å². The second-order valence-electron chi connectivity index (χ2n) is 4.63. The lowest BCUT2D eigenvalue weighted by molar-refractivity contribution is -0.136. The average Bonchev–Trinajstić information content (AvgIpc) is 2.93. The van der Waals surface area contributed by atoms with Gasteiger partial charge in [-0.3, -0.25) is 9.59 Å². The monoisotopic (exact) mass is 338 g/mol. The zero-order valence-corrected chi connectivity index (χ0v) is 13.4. The fourth-order valence-electron chi connectivity index (χ4n) is 1.83. The van der Waals surface area contributed by atoms with Gasteiger partial charge in [0.1, 0.15) is 6.10 Å². The number of carbonyl (C=O) groups excluding carboxylic acids is 2. The number of halogens is 1. The van der Waals surface area contributed by atoms with Gasteiger partial charge in [0, 0.05) is 11.4 Å². The summed E-state index contributed by atoms with van der Waals surface area (Å²) in [7, 11) is 0. The van der Waals surface area contributed by atoms with E-state index in [0.29, 0.717) is 10.7 Å². The Morgan fingerprint density at radius 2 is 2.00 bits per heavy atom. The van der Waals surface area contributed by atoms with Gasteiger partial charge in [-0.2, -0.15) is 0 Å². The van der Waals surface area contributed by atoms with Crippen molar-refractivity contribution in [3.8, 4) is 0 Å². The Balaban J connectivity index is 1.88. The lowest BCUT2D eigenvalue weighted by atomic mass is 10.2. The van der Waals surface area contributed by atoms with Crippen LogP contribution in [0.5, 0.6) is 0 Å². The van der Waals surface area contributed by atoms with Crippen LogP contribution in [0, 0.1) is 6.92 Å². The predicted molar refractivity (Wildman–Crippen MR) is 87.1 cm³/mol. The summed E-state index contributed by atoms with van der Waals surface area (Å²) in [6, 6.07) is 8.51. The zero-order chi connectivity index (χ0) is 16.1. The molecular formula is C15H15ClN2O3S. The molecule has 1 aromatic heterocycles. The van der Waals surface area contributed by atoms with Gasteiger partial charge in [-0.15, -0.1) is 11.3 Å². The molecule has 0 bridgehead atoms. The van der Waals surface area contributed by atoms with E-state index >= 15 is 0 Å². The van der Waals surface area contributed by atoms with Crippen molar-refractivity contribution in [1.29, 1.82) is 0 Å². The minimum atomic E-state index is -0.836. The molecule has 0 saturated carbocycles. The highest BCUT2D eigenvalue weighted by atomic mass is 35.5. The van der Waals surface area contributed by atoms with E-state index in [1.54, 1.807) is 24.3 Å². The number of nitrogens with one attached hydrogen (secondary N) is 2. The molecule has 0 aliphatic carbocycles. The van der Waals surface area contributed by atoms with Crippen molar-refractivity contribution in [2.75, 3.05) is 11.9 Å². The molecule has 2 aromatic rings. The van der Waals surface area contributed by atoms with Crippen molar-refractivity contribution in [2.45, 2.75) is 13.0 Å². The van der Waals surface area contributed by atoms with Crippen LogP contribution in [0.3, 0.4) is 0 Å². The van der Waals surface area contributed by atoms with E-state index in [1.807, 2.05) is 18.4 Å². The van der Waals surface area contributed by atoms with Gasteiger partial charge < -0.3 is 15.7 Å². The third-order valence-electron chi connectivity index (χ3n) is 2.99. The summed E-state index contributed by atoms with van der Waals surface area (Å²) in [4.78, 5) is 24.3. The van der Waals surface area contributed by atoms with E-state index < -0.39 is 17.9 Å². The first kappa shape index (κ1) is 16.5. The summed E-state index contributed by atoms with van der Waals surface area (Å²) < 4.78 is 0. The van der Waals surface area contributed by atoms with Gasteiger partial charge in [-0.05, 0) is 36.1 Å². The van der Waals surface area contributed by atoms with Crippen LogP contribution in [0.1, 0.15) is 16.5 Å². The maximum Gasteiger partial charge on any atom is 0.313 e. The molecule has 7 heteroatoms. The first-order chi connectivity index (χ1) is 10.5. The number of anilines is 1. The number of carbonyl (C=O) groups is 2. The van der Waals surface area contributed by atoms with Crippen LogP contribution in [-0.2, 0) is 9.59 Å². The van der Waals surface area contributed by atoms with E-state index in [9.17, 15) is 14.7 Å². The lowest BCUT2D eigenvalue weighted by Crippen LogP contribution is -2.37. The lowest BCUT2D eigenvalue weighted by Gasteiger charge is -2.12. The average molecular weight is 339 g/mol. The summed E-state index contributed by atoms with van der Waals surface area (Å²) >= 11 is 7.30. The number of para-hydroxylation sites is 1. The molecule has 1 atom stereocenters. The van der Waals surface area contributed by atoms with Crippen molar-refractivity contribution in [2.24, 2.45) is 0 Å². The van der Waals surface area contributed by atoms with Crippen molar-refractivity contribution in [1.82, 2.24) is 5.32 Å². The summed E-state index contributed by atoms with van der Waals surface area (Å²) in [6.07, 6.45) is -0.836. The van der Waals surface area contributed by atoms with Crippen LogP contribution in [0.2, 0.25) is 5.02 Å². The highest BCUT2D eigenvalue weighted by Crippen LogP contribution is 2.23. The first-order valence-electron chi connectivity index (χ1n) is 6.55. The van der Waals surface area contributed by atoms with Gasteiger partial charge in [0.05, 0.1) is 10.7 Å². The standard InChI is InChI=1S/C15H15ClN2O3S/c1-9-6-7-22-13(9)12(19)8-17-14(20)15(21)18-11-5-3-2-4-10(11)16/h2-7,12,19H,8H2,1H3,(H,17,20)(H,18,21)/t12-/m0/s1. The van der Waals surface area contributed by atoms with Crippen LogP contribution in [0.15, 0.2) is 35.7 Å². The van der Waals surface area contributed by atoms with Gasteiger partial charge in [-0.1, -0.05) is 23.7 Å². The van der Waals surface area contributed by atoms with E-state index in [0.717, 1.165) is 10.4 Å². The van der Waals surface area contributed by atoms with Gasteiger partial charge in [0.2, 0.25) is 0 Å². The first-order valence-corrected chi connectivity index (χ1v) is 7.80. The highest BCUT2D eigenvalue weighted by molar-refractivity contribution is 7.10. The smallest absolute Gasteiger partial charge is 0.313 e. The number of aliphatic hydroxyl groups excluding tert-OH is 1. The van der Waals surface area contributed by atoms with E-state index in [2.05, 4.69) is 10.6 Å². The number of hydrogen-bond acceptors (Lipinski definition) is 4. The Morgan fingerprint density at radius 3 is 2.64 bits per heavy atom. The summed E-state index contributed by atoms with van der Waals surface area (Å²) in [5, 5.41) is 17.0. The number of amides is 2. The predicted octanol–water partition coefficient (Wildman–Crippen LogP) is 2.50. The van der Waals surface area contributed by atoms with Gasteiger partial charge >= 0.3 is 11.8 Å². The minimum absolute atomic E-state index is 0.0316. The number of thiophene rings is 1. The van der Waals surface area contributed by atoms with Gasteiger partial charge in [0.25, 0.3) is 0 Å². The van der Waals surface area contributed by atoms with Crippen LogP contribution >= 0.6 is 22.9 Å². The Labute approximate surface area is 136 Å². The molecule has 1 aromatic carbocycles. The molecular weight excluding hydrogens is 324 g/mol. The van der Waals surface area contributed by atoms with E-state index in [1.165, 1.54) is 11.3 Å². The number of benzene rings is 1. The second kappa shape index (κ2) is 7.40. The Kier molecular flexibility index (Phi) is 5.54. The maximum absolute atomic E-state index is 11.8. The topological polar surface area (TPSA) is 78.4 Å². The maximum atomic E-state index is 11.8. The van der Waals surface area contributed by atoms with Crippen molar-refractivity contribution in [3.63, 3.8) is 0 Å². The van der Waals surface area contributed by atoms with Crippen molar-refractivity contribution in [3.05, 3.63) is 51.2 Å². The SMILES string of the molecule is Cc1ccsc1[C@@H](O)CNC(=O)C(=O)Nc1ccccc1Cl. The Morgan fingerprint density at radius 1 is 1.27 bits per heavy atom.